The van der Waals surface area contributed by atoms with Gasteiger partial charge in [0, 0.05) is 38.9 Å². The van der Waals surface area contributed by atoms with E-state index in [1.807, 2.05) is 13.8 Å². The van der Waals surface area contributed by atoms with Crippen LogP contribution in [0.2, 0.25) is 0 Å². The smallest absolute Gasteiger partial charge is 0.342 e. The molecule has 0 unspecified atom stereocenters. The molecule has 0 spiro atoms. The van der Waals surface area contributed by atoms with Gasteiger partial charge in [0.05, 0.1) is 6.10 Å². The Bertz CT molecular complexity index is 1080. The lowest BCUT2D eigenvalue weighted by Gasteiger charge is -2.36. The molecule has 4 rings (SSSR count). The molecule has 1 saturated heterocycles. The minimum absolute atomic E-state index is 0.168. The average Bonchev–Trinajstić information content (AvgIpc) is 2.85. The third-order valence-corrected chi connectivity index (χ3v) is 5.67. The topological polar surface area (TPSA) is 54.9 Å². The lowest BCUT2D eigenvalue weighted by Crippen LogP contribution is -2.46. The summed E-state index contributed by atoms with van der Waals surface area (Å²) in [5, 5.41) is 0. The highest BCUT2D eigenvalue weighted by Gasteiger charge is 2.23. The molecule has 0 saturated carbocycles. The van der Waals surface area contributed by atoms with Gasteiger partial charge in [-0.1, -0.05) is 24.3 Å². The molecule has 7 heteroatoms. The summed E-state index contributed by atoms with van der Waals surface area (Å²) in [4.78, 5) is 21.5. The van der Waals surface area contributed by atoms with Gasteiger partial charge in [-0.3, -0.25) is 4.90 Å². The van der Waals surface area contributed by atoms with Crippen LogP contribution in [0.1, 0.15) is 35.3 Å². The van der Waals surface area contributed by atoms with Gasteiger partial charge >= 0.3 is 5.97 Å². The molecule has 0 aliphatic carbocycles. The first-order chi connectivity index (χ1) is 16.5. The lowest BCUT2D eigenvalue weighted by atomic mass is 10.1. The SMILES string of the molecule is CC(C)OC(=O)c1cccnc1N1CCN(Cc2ccc(COc3ccc(F)cc3)cc2)CC1. The van der Waals surface area contributed by atoms with Crippen molar-refractivity contribution in [1.82, 2.24) is 9.88 Å². The molecule has 0 N–H and O–H groups in total. The van der Waals surface area contributed by atoms with Crippen molar-refractivity contribution in [2.45, 2.75) is 33.1 Å². The minimum Gasteiger partial charge on any atom is -0.489 e. The Hall–Kier alpha value is -3.45. The number of hydrogen-bond donors (Lipinski definition) is 0. The standard InChI is InChI=1S/C27H30FN3O3/c1-20(2)34-27(32)25-4-3-13-29-26(25)31-16-14-30(15-17-31)18-21-5-7-22(8-6-21)19-33-24-11-9-23(28)10-12-24/h3-13,20H,14-19H2,1-2H3. The van der Waals surface area contributed by atoms with Crippen molar-refractivity contribution in [2.75, 3.05) is 31.1 Å². The van der Waals surface area contributed by atoms with Crippen LogP contribution in [0.15, 0.2) is 66.9 Å². The highest BCUT2D eigenvalue weighted by atomic mass is 19.1. The Morgan fingerprint density at radius 1 is 0.971 bits per heavy atom. The number of piperazine rings is 1. The minimum atomic E-state index is -0.330. The summed E-state index contributed by atoms with van der Waals surface area (Å²) < 4.78 is 24.1. The molecular formula is C27H30FN3O3. The summed E-state index contributed by atoms with van der Waals surface area (Å²) in [6.07, 6.45) is 1.55. The van der Waals surface area contributed by atoms with Crippen molar-refractivity contribution in [3.8, 4) is 5.75 Å². The van der Waals surface area contributed by atoms with Gasteiger partial charge in [0.2, 0.25) is 0 Å². The van der Waals surface area contributed by atoms with Gasteiger partial charge in [-0.25, -0.2) is 14.2 Å². The number of carbonyl (C=O) groups excluding carboxylic acids is 1. The van der Waals surface area contributed by atoms with Crippen LogP contribution >= 0.6 is 0 Å². The van der Waals surface area contributed by atoms with Gasteiger partial charge < -0.3 is 14.4 Å². The van der Waals surface area contributed by atoms with E-state index in [-0.39, 0.29) is 17.9 Å². The summed E-state index contributed by atoms with van der Waals surface area (Å²) >= 11 is 0. The molecule has 0 radical (unpaired) electrons. The zero-order chi connectivity index (χ0) is 23.9. The third-order valence-electron chi connectivity index (χ3n) is 5.67. The molecule has 0 atom stereocenters. The molecule has 6 nitrogen and oxygen atoms in total. The number of rotatable bonds is 8. The van der Waals surface area contributed by atoms with Crippen molar-refractivity contribution >= 4 is 11.8 Å². The maximum atomic E-state index is 13.0. The normalized spacial score (nSPS) is 14.3. The second-order valence-electron chi connectivity index (χ2n) is 8.65. The van der Waals surface area contributed by atoms with Gasteiger partial charge in [0.25, 0.3) is 0 Å². The largest absolute Gasteiger partial charge is 0.489 e. The Labute approximate surface area is 199 Å². The molecule has 3 aromatic rings. The molecule has 2 heterocycles. The van der Waals surface area contributed by atoms with E-state index < -0.39 is 0 Å². The van der Waals surface area contributed by atoms with Crippen LogP contribution in [0.4, 0.5) is 10.2 Å². The molecule has 1 aliphatic rings. The van der Waals surface area contributed by atoms with Crippen molar-refractivity contribution < 1.29 is 18.7 Å². The van der Waals surface area contributed by atoms with E-state index >= 15 is 0 Å². The Balaban J connectivity index is 1.28. The fourth-order valence-electron chi connectivity index (χ4n) is 3.90. The molecule has 0 bridgehead atoms. The van der Waals surface area contributed by atoms with Gasteiger partial charge in [-0.2, -0.15) is 0 Å². The van der Waals surface area contributed by atoms with E-state index in [4.69, 9.17) is 9.47 Å². The number of halogens is 1. The molecule has 1 aromatic heterocycles. The number of aromatic nitrogens is 1. The van der Waals surface area contributed by atoms with Crippen LogP contribution in [-0.2, 0) is 17.9 Å². The number of benzene rings is 2. The van der Waals surface area contributed by atoms with Crippen molar-refractivity contribution in [2.24, 2.45) is 0 Å². The van der Waals surface area contributed by atoms with Crippen LogP contribution in [0.3, 0.4) is 0 Å². The van der Waals surface area contributed by atoms with E-state index in [2.05, 4.69) is 39.0 Å². The van der Waals surface area contributed by atoms with Crippen LogP contribution in [0.25, 0.3) is 0 Å². The first-order valence-electron chi connectivity index (χ1n) is 11.6. The maximum absolute atomic E-state index is 13.0. The monoisotopic (exact) mass is 463 g/mol. The van der Waals surface area contributed by atoms with Gasteiger partial charge in [0.15, 0.2) is 0 Å². The summed E-state index contributed by atoms with van der Waals surface area (Å²) in [6.45, 7) is 8.34. The number of hydrogen-bond acceptors (Lipinski definition) is 6. The Morgan fingerprint density at radius 3 is 2.32 bits per heavy atom. The number of anilines is 1. The third kappa shape index (κ3) is 6.32. The van der Waals surface area contributed by atoms with Gasteiger partial charge in [-0.15, -0.1) is 0 Å². The second kappa shape index (κ2) is 11.1. The fourth-order valence-corrected chi connectivity index (χ4v) is 3.90. The van der Waals surface area contributed by atoms with E-state index in [1.165, 1.54) is 17.7 Å². The van der Waals surface area contributed by atoms with E-state index in [0.717, 1.165) is 38.3 Å². The second-order valence-corrected chi connectivity index (χ2v) is 8.65. The quantitative estimate of drug-likeness (QED) is 0.452. The number of carbonyl (C=O) groups is 1. The number of ether oxygens (including phenoxy) is 2. The van der Waals surface area contributed by atoms with Crippen LogP contribution in [0.5, 0.6) is 5.75 Å². The Kier molecular flexibility index (Phi) is 7.75. The summed E-state index contributed by atoms with van der Waals surface area (Å²) in [5.74, 6) is 0.742. The summed E-state index contributed by atoms with van der Waals surface area (Å²) in [6, 6.07) is 18.0. The summed E-state index contributed by atoms with van der Waals surface area (Å²) in [5.41, 5.74) is 2.81. The maximum Gasteiger partial charge on any atom is 0.342 e. The molecule has 1 fully saturated rings. The average molecular weight is 464 g/mol. The van der Waals surface area contributed by atoms with E-state index in [0.29, 0.717) is 23.7 Å². The first kappa shape index (κ1) is 23.7. The highest BCUT2D eigenvalue weighted by molar-refractivity contribution is 5.94. The predicted molar refractivity (Wildman–Crippen MR) is 129 cm³/mol. The summed E-state index contributed by atoms with van der Waals surface area (Å²) in [7, 11) is 0. The predicted octanol–water partition coefficient (Wildman–Crippen LogP) is 4.69. The number of nitrogens with zero attached hydrogens (tertiary/aromatic N) is 3. The molecule has 178 valence electrons. The van der Waals surface area contributed by atoms with Gasteiger partial charge in [0.1, 0.15) is 29.6 Å². The van der Waals surface area contributed by atoms with Crippen molar-refractivity contribution in [3.05, 3.63) is 89.4 Å². The highest BCUT2D eigenvalue weighted by Crippen LogP contribution is 2.21. The zero-order valence-electron chi connectivity index (χ0n) is 19.6. The van der Waals surface area contributed by atoms with Crippen molar-refractivity contribution in [1.29, 1.82) is 0 Å². The molecule has 2 aromatic carbocycles. The first-order valence-corrected chi connectivity index (χ1v) is 11.6. The molecule has 0 amide bonds. The zero-order valence-corrected chi connectivity index (χ0v) is 19.6. The van der Waals surface area contributed by atoms with E-state index in [1.54, 1.807) is 30.5 Å². The van der Waals surface area contributed by atoms with Crippen LogP contribution < -0.4 is 9.64 Å². The van der Waals surface area contributed by atoms with Crippen LogP contribution in [-0.4, -0.2) is 48.1 Å². The van der Waals surface area contributed by atoms with E-state index in [9.17, 15) is 9.18 Å². The van der Waals surface area contributed by atoms with Crippen molar-refractivity contribution in [3.63, 3.8) is 0 Å². The molecule has 34 heavy (non-hydrogen) atoms. The van der Waals surface area contributed by atoms with Crippen LogP contribution in [0, 0.1) is 5.82 Å². The molecule has 1 aliphatic heterocycles. The van der Waals surface area contributed by atoms with Gasteiger partial charge in [-0.05, 0) is 61.4 Å². The fraction of sp³-hybridized carbons (Fsp3) is 0.333. The molecular weight excluding hydrogens is 433 g/mol. The lowest BCUT2D eigenvalue weighted by molar-refractivity contribution is 0.0378. The number of esters is 1. The Morgan fingerprint density at radius 2 is 1.65 bits per heavy atom. The number of pyridine rings is 1.